The van der Waals surface area contributed by atoms with Gasteiger partial charge in [-0.25, -0.2) is 4.98 Å². The van der Waals surface area contributed by atoms with Gasteiger partial charge in [-0.2, -0.15) is 0 Å². The lowest BCUT2D eigenvalue weighted by atomic mass is 10.3. The van der Waals surface area contributed by atoms with E-state index in [0.29, 0.717) is 12.6 Å². The zero-order chi connectivity index (χ0) is 10.6. The summed E-state index contributed by atoms with van der Waals surface area (Å²) in [5.41, 5.74) is 1.13. The number of aliphatic hydroxyl groups excluding tert-OH is 1. The van der Waals surface area contributed by atoms with Gasteiger partial charge in [-0.15, -0.1) is 11.3 Å². The minimum Gasteiger partial charge on any atom is -0.395 e. The van der Waals surface area contributed by atoms with Gasteiger partial charge in [0.15, 0.2) is 5.13 Å². The van der Waals surface area contributed by atoms with E-state index in [1.54, 1.807) is 11.3 Å². The van der Waals surface area contributed by atoms with Crippen molar-refractivity contribution in [1.29, 1.82) is 0 Å². The van der Waals surface area contributed by atoms with E-state index in [4.69, 9.17) is 5.11 Å². The quantitative estimate of drug-likeness (QED) is 0.813. The highest BCUT2D eigenvalue weighted by molar-refractivity contribution is 7.13. The van der Waals surface area contributed by atoms with Crippen LogP contribution in [-0.2, 0) is 6.42 Å². The molecule has 0 saturated heterocycles. The summed E-state index contributed by atoms with van der Waals surface area (Å²) in [6.07, 6.45) is 0.974. The van der Waals surface area contributed by atoms with Crippen LogP contribution in [0.1, 0.15) is 26.5 Å². The van der Waals surface area contributed by atoms with Gasteiger partial charge in [0.05, 0.1) is 12.3 Å². The highest BCUT2D eigenvalue weighted by atomic mass is 32.1. The molecule has 1 N–H and O–H groups in total. The number of aromatic nitrogens is 1. The molecule has 0 atom stereocenters. The highest BCUT2D eigenvalue weighted by Gasteiger charge is 2.13. The number of thiazole rings is 1. The van der Waals surface area contributed by atoms with Crippen molar-refractivity contribution in [2.75, 3.05) is 18.1 Å². The smallest absolute Gasteiger partial charge is 0.185 e. The van der Waals surface area contributed by atoms with Crippen molar-refractivity contribution in [1.82, 2.24) is 4.98 Å². The van der Waals surface area contributed by atoms with Crippen molar-refractivity contribution in [2.24, 2.45) is 0 Å². The summed E-state index contributed by atoms with van der Waals surface area (Å²) < 4.78 is 0. The van der Waals surface area contributed by atoms with E-state index in [1.807, 2.05) is 0 Å². The van der Waals surface area contributed by atoms with Gasteiger partial charge in [0.25, 0.3) is 0 Å². The molecule has 1 heterocycles. The topological polar surface area (TPSA) is 36.4 Å². The molecule has 14 heavy (non-hydrogen) atoms. The van der Waals surface area contributed by atoms with Crippen LogP contribution in [0.4, 0.5) is 5.13 Å². The van der Waals surface area contributed by atoms with E-state index < -0.39 is 0 Å². The Labute approximate surface area is 89.4 Å². The monoisotopic (exact) mass is 214 g/mol. The minimum absolute atomic E-state index is 0.180. The number of hydrogen-bond donors (Lipinski definition) is 1. The molecular weight excluding hydrogens is 196 g/mol. The summed E-state index contributed by atoms with van der Waals surface area (Å²) in [6, 6.07) is 0.387. The molecule has 1 aromatic rings. The van der Waals surface area contributed by atoms with Gasteiger partial charge < -0.3 is 10.0 Å². The second-order valence-corrected chi connectivity index (χ2v) is 4.32. The Morgan fingerprint density at radius 2 is 2.29 bits per heavy atom. The maximum absolute atomic E-state index is 8.95. The first-order valence-corrected chi connectivity index (χ1v) is 5.88. The summed E-state index contributed by atoms with van der Waals surface area (Å²) in [5, 5.41) is 12.1. The first-order chi connectivity index (χ1) is 6.69. The Kier molecular flexibility index (Phi) is 4.35. The maximum atomic E-state index is 8.95. The predicted molar refractivity (Wildman–Crippen MR) is 61.1 cm³/mol. The molecule has 0 aliphatic heterocycles. The minimum atomic E-state index is 0.180. The molecule has 1 rings (SSSR count). The Balaban J connectivity index is 2.76. The lowest BCUT2D eigenvalue weighted by Crippen LogP contribution is -2.33. The molecule has 0 fully saturated rings. The van der Waals surface area contributed by atoms with Gasteiger partial charge in [0.1, 0.15) is 0 Å². The molecule has 80 valence electrons. The largest absolute Gasteiger partial charge is 0.395 e. The number of rotatable bonds is 5. The lowest BCUT2D eigenvalue weighted by molar-refractivity contribution is 0.299. The average molecular weight is 214 g/mol. The molecule has 0 saturated carbocycles. The van der Waals surface area contributed by atoms with Crippen LogP contribution in [0.3, 0.4) is 0 Å². The Morgan fingerprint density at radius 3 is 2.71 bits per heavy atom. The van der Waals surface area contributed by atoms with Gasteiger partial charge in [-0.05, 0) is 20.3 Å². The van der Waals surface area contributed by atoms with Crippen molar-refractivity contribution in [3.63, 3.8) is 0 Å². The van der Waals surface area contributed by atoms with Crippen LogP contribution < -0.4 is 4.90 Å². The normalized spacial score (nSPS) is 10.9. The highest BCUT2D eigenvalue weighted by Crippen LogP contribution is 2.22. The molecule has 0 spiro atoms. The third-order valence-electron chi connectivity index (χ3n) is 2.11. The number of aryl methyl sites for hydroxylation is 1. The molecule has 0 aliphatic rings. The zero-order valence-corrected chi connectivity index (χ0v) is 9.84. The third kappa shape index (κ3) is 2.69. The van der Waals surface area contributed by atoms with Crippen LogP contribution >= 0.6 is 11.3 Å². The Bertz CT molecular complexity index is 273. The molecule has 0 amide bonds. The van der Waals surface area contributed by atoms with E-state index in [2.05, 4.69) is 36.0 Å². The Morgan fingerprint density at radius 1 is 1.57 bits per heavy atom. The number of anilines is 1. The second kappa shape index (κ2) is 5.32. The third-order valence-corrected chi connectivity index (χ3v) is 3.04. The van der Waals surface area contributed by atoms with Crippen LogP contribution in [-0.4, -0.2) is 29.3 Å². The summed E-state index contributed by atoms with van der Waals surface area (Å²) in [4.78, 5) is 6.63. The lowest BCUT2D eigenvalue weighted by Gasteiger charge is -2.24. The molecule has 4 heteroatoms. The van der Waals surface area contributed by atoms with Gasteiger partial charge in [0.2, 0.25) is 0 Å². The van der Waals surface area contributed by atoms with Gasteiger partial charge >= 0.3 is 0 Å². The van der Waals surface area contributed by atoms with Crippen molar-refractivity contribution in [2.45, 2.75) is 33.2 Å². The van der Waals surface area contributed by atoms with E-state index in [0.717, 1.165) is 17.2 Å². The summed E-state index contributed by atoms with van der Waals surface area (Å²) in [6.45, 7) is 7.17. The second-order valence-electron chi connectivity index (χ2n) is 3.49. The molecule has 0 unspecified atom stereocenters. The first kappa shape index (κ1) is 11.5. The number of nitrogens with zero attached hydrogens (tertiary/aromatic N) is 2. The number of hydrogen-bond acceptors (Lipinski definition) is 4. The predicted octanol–water partition coefficient (Wildman–Crippen LogP) is 1.91. The number of aliphatic hydroxyl groups is 1. The van der Waals surface area contributed by atoms with Crippen LogP contribution in [0.25, 0.3) is 0 Å². The SMILES string of the molecule is CCc1csc(N(CCO)C(C)C)n1. The summed E-state index contributed by atoms with van der Waals surface area (Å²) in [7, 11) is 0. The molecule has 0 radical (unpaired) electrons. The first-order valence-electron chi connectivity index (χ1n) is 5.01. The molecular formula is C10H18N2OS. The van der Waals surface area contributed by atoms with E-state index in [1.165, 1.54) is 0 Å². The van der Waals surface area contributed by atoms with E-state index in [-0.39, 0.29) is 6.61 Å². The fourth-order valence-corrected chi connectivity index (χ4v) is 2.34. The fourth-order valence-electron chi connectivity index (χ4n) is 1.27. The zero-order valence-electron chi connectivity index (χ0n) is 9.03. The van der Waals surface area contributed by atoms with Crippen LogP contribution in [0, 0.1) is 0 Å². The van der Waals surface area contributed by atoms with Crippen LogP contribution in [0.2, 0.25) is 0 Å². The molecule has 0 aromatic carbocycles. The van der Waals surface area contributed by atoms with Crippen molar-refractivity contribution in [3.8, 4) is 0 Å². The fraction of sp³-hybridized carbons (Fsp3) is 0.700. The van der Waals surface area contributed by atoms with Gasteiger partial charge in [-0.3, -0.25) is 0 Å². The van der Waals surface area contributed by atoms with Crippen molar-refractivity contribution >= 4 is 16.5 Å². The van der Waals surface area contributed by atoms with E-state index in [9.17, 15) is 0 Å². The molecule has 3 nitrogen and oxygen atoms in total. The van der Waals surface area contributed by atoms with Gasteiger partial charge in [-0.1, -0.05) is 6.92 Å². The van der Waals surface area contributed by atoms with Gasteiger partial charge in [0, 0.05) is 18.0 Å². The molecule has 1 aromatic heterocycles. The standard InChI is InChI=1S/C10H18N2OS/c1-4-9-7-14-10(11-9)12(5-6-13)8(2)3/h7-8,13H,4-6H2,1-3H3. The Hall–Kier alpha value is -0.610. The summed E-state index contributed by atoms with van der Waals surface area (Å²) >= 11 is 1.65. The van der Waals surface area contributed by atoms with Crippen molar-refractivity contribution in [3.05, 3.63) is 11.1 Å². The van der Waals surface area contributed by atoms with Crippen LogP contribution in [0.15, 0.2) is 5.38 Å². The average Bonchev–Trinajstić information content (AvgIpc) is 2.61. The molecule has 0 bridgehead atoms. The molecule has 0 aliphatic carbocycles. The summed E-state index contributed by atoms with van der Waals surface area (Å²) in [5.74, 6) is 0. The van der Waals surface area contributed by atoms with E-state index >= 15 is 0 Å². The van der Waals surface area contributed by atoms with Crippen LogP contribution in [0.5, 0.6) is 0 Å². The van der Waals surface area contributed by atoms with Crippen molar-refractivity contribution < 1.29 is 5.11 Å². The maximum Gasteiger partial charge on any atom is 0.185 e.